The van der Waals surface area contributed by atoms with Gasteiger partial charge in [-0.3, -0.25) is 0 Å². The molecule has 0 aliphatic heterocycles. The zero-order valence-corrected chi connectivity index (χ0v) is 15.1. The van der Waals surface area contributed by atoms with Crippen molar-refractivity contribution in [3.05, 3.63) is 65.7 Å². The van der Waals surface area contributed by atoms with Crippen molar-refractivity contribution >= 4 is 10.0 Å². The maximum Gasteiger partial charge on any atom is 0.212 e. The normalized spacial score (nSPS) is 11.6. The van der Waals surface area contributed by atoms with Gasteiger partial charge < -0.3 is 4.74 Å². The first-order chi connectivity index (χ1) is 11.5. The van der Waals surface area contributed by atoms with Gasteiger partial charge in [0.15, 0.2) is 0 Å². The number of ether oxygens (including phenoxy) is 1. The summed E-state index contributed by atoms with van der Waals surface area (Å²) in [5, 5.41) is 0. The van der Waals surface area contributed by atoms with Gasteiger partial charge in [0.25, 0.3) is 0 Å². The molecule has 0 aromatic heterocycles. The van der Waals surface area contributed by atoms with Crippen LogP contribution in [-0.2, 0) is 16.4 Å². The van der Waals surface area contributed by atoms with Crippen LogP contribution >= 0.6 is 0 Å². The molecule has 2 aromatic carbocycles. The van der Waals surface area contributed by atoms with Crippen molar-refractivity contribution in [1.82, 2.24) is 4.72 Å². The Hall–Kier alpha value is -1.85. The standard InChI is InChI=1S/C19H25NO3S/c1-16(2)18-8-10-19(11-9-18)23-14-13-20-24(21,22)15-12-17-6-4-3-5-7-17/h3-11,16,20H,12-15H2,1-2H3. The van der Waals surface area contributed by atoms with E-state index in [0.717, 1.165) is 11.3 Å². The van der Waals surface area contributed by atoms with Crippen molar-refractivity contribution in [2.45, 2.75) is 26.2 Å². The van der Waals surface area contributed by atoms with Crippen LogP contribution in [0.5, 0.6) is 5.75 Å². The van der Waals surface area contributed by atoms with E-state index in [1.165, 1.54) is 5.56 Å². The van der Waals surface area contributed by atoms with Gasteiger partial charge in [0.1, 0.15) is 12.4 Å². The van der Waals surface area contributed by atoms with Crippen LogP contribution in [-0.4, -0.2) is 27.3 Å². The number of sulfonamides is 1. The summed E-state index contributed by atoms with van der Waals surface area (Å²) in [6.45, 7) is 4.86. The highest BCUT2D eigenvalue weighted by molar-refractivity contribution is 7.89. The van der Waals surface area contributed by atoms with E-state index in [0.29, 0.717) is 18.9 Å². The molecule has 0 saturated carbocycles. The molecule has 0 aliphatic rings. The summed E-state index contributed by atoms with van der Waals surface area (Å²) in [4.78, 5) is 0. The quantitative estimate of drug-likeness (QED) is 0.708. The van der Waals surface area contributed by atoms with Crippen LogP contribution in [0.25, 0.3) is 0 Å². The minimum absolute atomic E-state index is 0.0834. The van der Waals surface area contributed by atoms with E-state index < -0.39 is 10.0 Å². The molecule has 0 saturated heterocycles. The Morgan fingerprint density at radius 1 is 1.00 bits per heavy atom. The van der Waals surface area contributed by atoms with Crippen LogP contribution in [0, 0.1) is 0 Å². The molecular formula is C19H25NO3S. The summed E-state index contributed by atoms with van der Waals surface area (Å²) in [5.41, 5.74) is 2.27. The van der Waals surface area contributed by atoms with Crippen LogP contribution in [0.4, 0.5) is 0 Å². The molecule has 0 heterocycles. The van der Waals surface area contributed by atoms with Crippen molar-refractivity contribution < 1.29 is 13.2 Å². The Labute approximate surface area is 144 Å². The molecule has 4 nitrogen and oxygen atoms in total. The molecule has 0 unspecified atom stereocenters. The Kier molecular flexibility index (Phi) is 6.82. The highest BCUT2D eigenvalue weighted by atomic mass is 32.2. The smallest absolute Gasteiger partial charge is 0.212 e. The molecular weight excluding hydrogens is 322 g/mol. The number of nitrogens with one attached hydrogen (secondary N) is 1. The first-order valence-electron chi connectivity index (χ1n) is 8.20. The minimum Gasteiger partial charge on any atom is -0.492 e. The average molecular weight is 347 g/mol. The Morgan fingerprint density at radius 2 is 1.67 bits per heavy atom. The summed E-state index contributed by atoms with van der Waals surface area (Å²) >= 11 is 0. The summed E-state index contributed by atoms with van der Waals surface area (Å²) in [6.07, 6.45) is 0.508. The Morgan fingerprint density at radius 3 is 2.29 bits per heavy atom. The highest BCUT2D eigenvalue weighted by Gasteiger charge is 2.09. The highest BCUT2D eigenvalue weighted by Crippen LogP contribution is 2.18. The van der Waals surface area contributed by atoms with E-state index >= 15 is 0 Å². The van der Waals surface area contributed by atoms with Gasteiger partial charge in [0.2, 0.25) is 10.0 Å². The maximum atomic E-state index is 12.0. The fourth-order valence-corrected chi connectivity index (χ4v) is 3.33. The van der Waals surface area contributed by atoms with Gasteiger partial charge >= 0.3 is 0 Å². The van der Waals surface area contributed by atoms with E-state index in [4.69, 9.17) is 4.74 Å². The second-order valence-electron chi connectivity index (χ2n) is 6.02. The third-order valence-corrected chi connectivity index (χ3v) is 5.13. The maximum absolute atomic E-state index is 12.0. The van der Waals surface area contributed by atoms with Gasteiger partial charge in [-0.15, -0.1) is 0 Å². The number of hydrogen-bond acceptors (Lipinski definition) is 3. The number of hydrogen-bond donors (Lipinski definition) is 1. The second-order valence-corrected chi connectivity index (χ2v) is 7.95. The topological polar surface area (TPSA) is 55.4 Å². The van der Waals surface area contributed by atoms with Gasteiger partial charge in [0, 0.05) is 6.54 Å². The van der Waals surface area contributed by atoms with Crippen LogP contribution in [0.1, 0.15) is 30.9 Å². The van der Waals surface area contributed by atoms with E-state index in [2.05, 4.69) is 18.6 Å². The van der Waals surface area contributed by atoms with Crippen LogP contribution in [0.2, 0.25) is 0 Å². The summed E-state index contributed by atoms with van der Waals surface area (Å²) in [7, 11) is -3.28. The molecule has 0 radical (unpaired) electrons. The monoisotopic (exact) mass is 347 g/mol. The lowest BCUT2D eigenvalue weighted by Crippen LogP contribution is -2.31. The zero-order valence-electron chi connectivity index (χ0n) is 14.2. The van der Waals surface area contributed by atoms with Gasteiger partial charge in [-0.1, -0.05) is 56.3 Å². The Bertz CT molecular complexity index is 710. The molecule has 0 amide bonds. The SMILES string of the molecule is CC(C)c1ccc(OCCNS(=O)(=O)CCc2ccccc2)cc1. The molecule has 2 aromatic rings. The first kappa shape index (κ1) is 18.5. The molecule has 0 aliphatic carbocycles. The van der Waals surface area contributed by atoms with Crippen molar-refractivity contribution in [2.75, 3.05) is 18.9 Å². The molecule has 24 heavy (non-hydrogen) atoms. The molecule has 0 bridgehead atoms. The van der Waals surface area contributed by atoms with Gasteiger partial charge in [-0.2, -0.15) is 0 Å². The zero-order chi connectivity index (χ0) is 17.4. The lowest BCUT2D eigenvalue weighted by atomic mass is 10.0. The lowest BCUT2D eigenvalue weighted by Gasteiger charge is -2.10. The van der Waals surface area contributed by atoms with E-state index in [1.807, 2.05) is 54.6 Å². The second kappa shape index (κ2) is 8.85. The Balaban J connectivity index is 1.70. The van der Waals surface area contributed by atoms with Crippen molar-refractivity contribution in [3.63, 3.8) is 0 Å². The number of rotatable bonds is 9. The minimum atomic E-state index is -3.28. The van der Waals surface area contributed by atoms with Crippen molar-refractivity contribution in [1.29, 1.82) is 0 Å². The molecule has 0 fully saturated rings. The fraction of sp³-hybridized carbons (Fsp3) is 0.368. The third kappa shape index (κ3) is 6.34. The number of aryl methyl sites for hydroxylation is 1. The van der Waals surface area contributed by atoms with Crippen LogP contribution in [0.3, 0.4) is 0 Å². The summed E-state index contributed by atoms with van der Waals surface area (Å²) in [5.74, 6) is 1.32. The molecule has 130 valence electrons. The molecule has 2 rings (SSSR count). The van der Waals surface area contributed by atoms with E-state index in [1.54, 1.807) is 0 Å². The van der Waals surface area contributed by atoms with Gasteiger partial charge in [-0.25, -0.2) is 13.1 Å². The molecule has 0 atom stereocenters. The van der Waals surface area contributed by atoms with Crippen molar-refractivity contribution in [3.8, 4) is 5.75 Å². The molecule has 5 heteroatoms. The predicted molar refractivity (Wildman–Crippen MR) is 98.0 cm³/mol. The van der Waals surface area contributed by atoms with Crippen molar-refractivity contribution in [2.24, 2.45) is 0 Å². The lowest BCUT2D eigenvalue weighted by molar-refractivity contribution is 0.322. The van der Waals surface area contributed by atoms with E-state index in [-0.39, 0.29) is 12.3 Å². The predicted octanol–water partition coefficient (Wildman–Crippen LogP) is 3.35. The average Bonchev–Trinajstić information content (AvgIpc) is 2.58. The summed E-state index contributed by atoms with van der Waals surface area (Å²) in [6, 6.07) is 17.5. The molecule has 0 spiro atoms. The van der Waals surface area contributed by atoms with Crippen LogP contribution < -0.4 is 9.46 Å². The largest absolute Gasteiger partial charge is 0.492 e. The first-order valence-corrected chi connectivity index (χ1v) is 9.85. The molecule has 1 N–H and O–H groups in total. The van der Waals surface area contributed by atoms with Gasteiger partial charge in [0.05, 0.1) is 5.75 Å². The van der Waals surface area contributed by atoms with Crippen LogP contribution in [0.15, 0.2) is 54.6 Å². The van der Waals surface area contributed by atoms with E-state index in [9.17, 15) is 8.42 Å². The fourth-order valence-electron chi connectivity index (χ4n) is 2.28. The summed E-state index contributed by atoms with van der Waals surface area (Å²) < 4.78 is 32.1. The number of benzene rings is 2. The van der Waals surface area contributed by atoms with Gasteiger partial charge in [-0.05, 0) is 35.6 Å². The third-order valence-electron chi connectivity index (χ3n) is 3.74.